The Morgan fingerprint density at radius 1 is 1.05 bits per heavy atom. The zero-order chi connectivity index (χ0) is 26.8. The zero-order valence-corrected chi connectivity index (χ0v) is 21.8. The third-order valence-electron chi connectivity index (χ3n) is 8.39. The molecular formula is C29H25ClN6O3. The van der Waals surface area contributed by atoms with Crippen LogP contribution in [0.5, 0.6) is 0 Å². The van der Waals surface area contributed by atoms with Crippen molar-refractivity contribution in [2.45, 2.75) is 49.5 Å². The lowest BCUT2D eigenvalue weighted by molar-refractivity contribution is -0.133. The third-order valence-corrected chi connectivity index (χ3v) is 8.72. The van der Waals surface area contributed by atoms with Crippen molar-refractivity contribution in [3.05, 3.63) is 82.1 Å². The first-order chi connectivity index (χ1) is 18.9. The van der Waals surface area contributed by atoms with Crippen molar-refractivity contribution >= 4 is 46.8 Å². The Kier molecular flexibility index (Phi) is 5.35. The van der Waals surface area contributed by atoms with E-state index in [9.17, 15) is 14.4 Å². The Morgan fingerprint density at radius 3 is 2.67 bits per heavy atom. The molecule has 2 N–H and O–H groups in total. The van der Waals surface area contributed by atoms with Crippen molar-refractivity contribution < 1.29 is 14.4 Å². The van der Waals surface area contributed by atoms with E-state index in [2.05, 4.69) is 20.6 Å². The van der Waals surface area contributed by atoms with Crippen molar-refractivity contribution in [1.82, 2.24) is 14.9 Å². The summed E-state index contributed by atoms with van der Waals surface area (Å²) in [6.07, 6.45) is 7.57. The number of aromatic nitrogens is 2. The molecule has 3 aromatic rings. The molecule has 1 aromatic carbocycles. The minimum Gasteiger partial charge on any atom is -0.310 e. The maximum atomic E-state index is 13.6. The average Bonchev–Trinajstić information content (AvgIpc) is 3.68. The van der Waals surface area contributed by atoms with Crippen LogP contribution in [0.2, 0.25) is 5.02 Å². The van der Waals surface area contributed by atoms with Crippen LogP contribution in [0, 0.1) is 0 Å². The van der Waals surface area contributed by atoms with Crippen molar-refractivity contribution in [1.29, 1.82) is 0 Å². The number of benzene rings is 1. The summed E-state index contributed by atoms with van der Waals surface area (Å²) in [6, 6.07) is 12.8. The number of amidine groups is 1. The number of hydrogen-bond donors (Lipinski definition) is 2. The molecule has 2 aliphatic carbocycles. The fourth-order valence-corrected chi connectivity index (χ4v) is 6.71. The number of carbonyl (C=O) groups is 3. The highest BCUT2D eigenvalue weighted by atomic mass is 35.5. The Balaban J connectivity index is 1.12. The van der Waals surface area contributed by atoms with E-state index < -0.39 is 11.0 Å². The third kappa shape index (κ3) is 3.67. The lowest BCUT2D eigenvalue weighted by atomic mass is 9.79. The van der Waals surface area contributed by atoms with Crippen LogP contribution >= 0.6 is 11.6 Å². The molecule has 0 unspecified atom stereocenters. The Labute approximate surface area is 229 Å². The van der Waals surface area contributed by atoms with E-state index in [-0.39, 0.29) is 24.3 Å². The second-order valence-electron chi connectivity index (χ2n) is 10.7. The summed E-state index contributed by atoms with van der Waals surface area (Å²) in [5, 5.41) is 6.23. The van der Waals surface area contributed by atoms with Gasteiger partial charge < -0.3 is 10.6 Å². The van der Waals surface area contributed by atoms with Crippen LogP contribution in [-0.4, -0.2) is 50.5 Å². The summed E-state index contributed by atoms with van der Waals surface area (Å²) < 4.78 is 0. The Morgan fingerprint density at radius 2 is 1.85 bits per heavy atom. The van der Waals surface area contributed by atoms with Gasteiger partial charge in [-0.05, 0) is 61.1 Å². The summed E-state index contributed by atoms with van der Waals surface area (Å²) in [4.78, 5) is 54.9. The second kappa shape index (κ2) is 8.71. The van der Waals surface area contributed by atoms with Crippen molar-refractivity contribution in [3.63, 3.8) is 0 Å². The standard InChI is InChI=1S/C29H25ClN6O3/c30-21-8-2-1-6-19(21)25-35-29(9-3-4-10-29)27(39)36(25)16-23(37)33-22-12-17-13-28(14-18(17)15-32-22)20-7-5-11-31-24(20)34-26(28)38/h1-2,5-8,11-12,15H,3-4,9-10,13-14,16H2,(H,31,34,38)(H,32,33,37)/t28-/m0/s1. The van der Waals surface area contributed by atoms with Crippen LogP contribution in [0.4, 0.5) is 11.6 Å². The number of pyridine rings is 2. The number of aliphatic imine (C=N–C) groups is 1. The van der Waals surface area contributed by atoms with Crippen LogP contribution in [0.3, 0.4) is 0 Å². The van der Waals surface area contributed by atoms with Gasteiger partial charge in [-0.1, -0.05) is 42.6 Å². The van der Waals surface area contributed by atoms with Crippen molar-refractivity contribution in [3.8, 4) is 0 Å². The molecule has 2 spiro atoms. The fourth-order valence-electron chi connectivity index (χ4n) is 6.49. The summed E-state index contributed by atoms with van der Waals surface area (Å²) in [5.74, 6) is 0.797. The summed E-state index contributed by atoms with van der Waals surface area (Å²) >= 11 is 6.46. The summed E-state index contributed by atoms with van der Waals surface area (Å²) in [6.45, 7) is -0.200. The van der Waals surface area contributed by atoms with Gasteiger partial charge in [0.1, 0.15) is 29.6 Å². The zero-order valence-electron chi connectivity index (χ0n) is 21.0. The highest BCUT2D eigenvalue weighted by Crippen LogP contribution is 2.46. The van der Waals surface area contributed by atoms with Gasteiger partial charge in [-0.3, -0.25) is 24.3 Å². The smallest absolute Gasteiger partial charge is 0.256 e. The highest BCUT2D eigenvalue weighted by molar-refractivity contribution is 6.35. The van der Waals surface area contributed by atoms with E-state index in [1.54, 1.807) is 18.5 Å². The van der Waals surface area contributed by atoms with Crippen LogP contribution in [0.25, 0.3) is 0 Å². The van der Waals surface area contributed by atoms with E-state index in [1.165, 1.54) is 4.90 Å². The molecule has 0 saturated heterocycles. The largest absolute Gasteiger partial charge is 0.310 e. The van der Waals surface area contributed by atoms with Crippen LogP contribution in [0.1, 0.15) is 47.9 Å². The average molecular weight is 541 g/mol. The molecular weight excluding hydrogens is 516 g/mol. The minimum atomic E-state index is -0.818. The van der Waals surface area contributed by atoms with Gasteiger partial charge in [-0.15, -0.1) is 0 Å². The van der Waals surface area contributed by atoms with E-state index in [0.29, 0.717) is 53.7 Å². The topological polar surface area (TPSA) is 117 Å². The van der Waals surface area contributed by atoms with Gasteiger partial charge >= 0.3 is 0 Å². The molecule has 4 heterocycles. The SMILES string of the molecule is O=C(CN1C(=O)C2(CCCC2)N=C1c1ccccc1Cl)Nc1cc2c(cn1)C[C@]1(C2)C(=O)Nc2ncccc21. The molecule has 39 heavy (non-hydrogen) atoms. The van der Waals surface area contributed by atoms with Crippen LogP contribution < -0.4 is 10.6 Å². The Hall–Kier alpha value is -4.11. The number of halogens is 1. The molecule has 1 atom stereocenters. The first kappa shape index (κ1) is 24.0. The maximum Gasteiger partial charge on any atom is 0.256 e. The predicted molar refractivity (Wildman–Crippen MR) is 146 cm³/mol. The van der Waals surface area contributed by atoms with Crippen molar-refractivity contribution in [2.24, 2.45) is 4.99 Å². The van der Waals surface area contributed by atoms with E-state index in [4.69, 9.17) is 16.6 Å². The summed E-state index contributed by atoms with van der Waals surface area (Å²) in [5.41, 5.74) is 1.90. The number of rotatable bonds is 4. The molecule has 4 aliphatic rings. The number of amides is 3. The van der Waals surface area contributed by atoms with Gasteiger partial charge in [0.25, 0.3) is 5.91 Å². The fraction of sp³-hybridized carbons (Fsp3) is 0.310. The molecule has 7 rings (SSSR count). The number of carbonyl (C=O) groups excluding carboxylic acids is 3. The quantitative estimate of drug-likeness (QED) is 0.524. The molecule has 2 aromatic heterocycles. The second-order valence-corrected chi connectivity index (χ2v) is 11.1. The number of anilines is 2. The lowest BCUT2D eigenvalue weighted by Crippen LogP contribution is -2.45. The van der Waals surface area contributed by atoms with Gasteiger partial charge in [0, 0.05) is 23.5 Å². The number of nitrogens with zero attached hydrogens (tertiary/aromatic N) is 4. The maximum absolute atomic E-state index is 13.6. The Bertz CT molecular complexity index is 1600. The highest BCUT2D eigenvalue weighted by Gasteiger charge is 2.52. The molecule has 2 aliphatic heterocycles. The van der Waals surface area contributed by atoms with Gasteiger partial charge in [-0.2, -0.15) is 0 Å². The van der Waals surface area contributed by atoms with Gasteiger partial charge in [0.15, 0.2) is 0 Å². The number of nitrogens with one attached hydrogen (secondary N) is 2. The number of fused-ring (bicyclic) bond motifs is 3. The molecule has 0 bridgehead atoms. The van der Waals surface area contributed by atoms with E-state index >= 15 is 0 Å². The minimum absolute atomic E-state index is 0.0715. The summed E-state index contributed by atoms with van der Waals surface area (Å²) in [7, 11) is 0. The predicted octanol–water partition coefficient (Wildman–Crippen LogP) is 3.66. The molecule has 196 valence electrons. The molecule has 1 fully saturated rings. The van der Waals surface area contributed by atoms with Gasteiger partial charge in [0.05, 0.1) is 10.4 Å². The monoisotopic (exact) mass is 540 g/mol. The van der Waals surface area contributed by atoms with E-state index in [0.717, 1.165) is 29.5 Å². The molecule has 0 radical (unpaired) electrons. The first-order valence-electron chi connectivity index (χ1n) is 13.1. The first-order valence-corrected chi connectivity index (χ1v) is 13.5. The normalized spacial score (nSPS) is 22.3. The van der Waals surface area contributed by atoms with E-state index in [1.807, 2.05) is 36.4 Å². The number of hydrogen-bond acceptors (Lipinski definition) is 6. The van der Waals surface area contributed by atoms with Gasteiger partial charge in [-0.25, -0.2) is 9.97 Å². The molecule has 3 amide bonds. The molecule has 10 heteroatoms. The van der Waals surface area contributed by atoms with Crippen LogP contribution in [0.15, 0.2) is 59.9 Å². The van der Waals surface area contributed by atoms with Crippen molar-refractivity contribution in [2.75, 3.05) is 17.2 Å². The lowest BCUT2D eigenvalue weighted by Gasteiger charge is -2.22. The molecule has 9 nitrogen and oxygen atoms in total. The van der Waals surface area contributed by atoms with Gasteiger partial charge in [0.2, 0.25) is 11.8 Å². The van der Waals surface area contributed by atoms with Crippen LogP contribution in [-0.2, 0) is 32.6 Å². The molecule has 1 saturated carbocycles.